The zero-order valence-corrected chi connectivity index (χ0v) is 13.6. The predicted molar refractivity (Wildman–Crippen MR) is 93.1 cm³/mol. The summed E-state index contributed by atoms with van der Waals surface area (Å²) in [5, 5.41) is 12.7. The fourth-order valence-corrected chi connectivity index (χ4v) is 2.69. The van der Waals surface area contributed by atoms with Crippen molar-refractivity contribution in [3.8, 4) is 0 Å². The van der Waals surface area contributed by atoms with Crippen LogP contribution in [0, 0.1) is 0 Å². The normalized spacial score (nSPS) is 11.8. The zero-order valence-electron chi connectivity index (χ0n) is 13.6. The average Bonchev–Trinajstić information content (AvgIpc) is 2.56. The van der Waals surface area contributed by atoms with Crippen molar-refractivity contribution in [2.75, 3.05) is 13.2 Å². The number of benzene rings is 2. The molecule has 118 valence electrons. The minimum absolute atomic E-state index is 0.161. The van der Waals surface area contributed by atoms with Crippen molar-refractivity contribution in [1.29, 1.82) is 0 Å². The van der Waals surface area contributed by atoms with Crippen molar-refractivity contribution in [1.82, 2.24) is 5.32 Å². The van der Waals surface area contributed by atoms with Gasteiger partial charge in [0, 0.05) is 11.5 Å². The molecule has 0 spiro atoms. The molecule has 0 saturated carbocycles. The maximum Gasteiger partial charge on any atom is 0.0607 e. The first kappa shape index (κ1) is 16.7. The Morgan fingerprint density at radius 2 is 1.41 bits per heavy atom. The molecule has 2 heteroatoms. The van der Waals surface area contributed by atoms with E-state index in [9.17, 15) is 5.11 Å². The van der Waals surface area contributed by atoms with Crippen molar-refractivity contribution in [2.45, 2.75) is 38.1 Å². The number of aliphatic hydroxyl groups is 1. The van der Waals surface area contributed by atoms with Gasteiger partial charge < -0.3 is 10.4 Å². The van der Waals surface area contributed by atoms with E-state index in [0.29, 0.717) is 5.92 Å². The van der Waals surface area contributed by atoms with Gasteiger partial charge in [0.05, 0.1) is 6.61 Å². The summed E-state index contributed by atoms with van der Waals surface area (Å²) in [5.41, 5.74) is 2.54. The molecule has 0 fully saturated rings. The largest absolute Gasteiger partial charge is 0.394 e. The quantitative estimate of drug-likeness (QED) is 0.723. The first-order chi connectivity index (χ1) is 10.6. The fourth-order valence-electron chi connectivity index (χ4n) is 2.69. The van der Waals surface area contributed by atoms with Gasteiger partial charge in [-0.1, -0.05) is 60.7 Å². The summed E-state index contributed by atoms with van der Waals surface area (Å²) in [6.07, 6.45) is 2.18. The lowest BCUT2D eigenvalue weighted by atomic mass is 9.87. The second-order valence-corrected chi connectivity index (χ2v) is 6.48. The van der Waals surface area contributed by atoms with E-state index in [2.05, 4.69) is 66.0 Å². The van der Waals surface area contributed by atoms with Crippen LogP contribution in [0.5, 0.6) is 0 Å². The molecule has 2 rings (SSSR count). The molecule has 2 aromatic carbocycles. The molecule has 0 amide bonds. The van der Waals surface area contributed by atoms with E-state index < -0.39 is 0 Å². The number of hydrogen-bond acceptors (Lipinski definition) is 2. The van der Waals surface area contributed by atoms with Crippen LogP contribution in [0.15, 0.2) is 60.7 Å². The lowest BCUT2D eigenvalue weighted by Gasteiger charge is -2.24. The Morgan fingerprint density at radius 3 is 1.86 bits per heavy atom. The highest BCUT2D eigenvalue weighted by atomic mass is 16.3. The van der Waals surface area contributed by atoms with Crippen LogP contribution in [0.2, 0.25) is 0 Å². The van der Waals surface area contributed by atoms with Gasteiger partial charge in [-0.25, -0.2) is 0 Å². The minimum Gasteiger partial charge on any atom is -0.394 e. The van der Waals surface area contributed by atoms with E-state index in [4.69, 9.17) is 0 Å². The van der Waals surface area contributed by atoms with Crippen LogP contribution in [-0.4, -0.2) is 23.8 Å². The highest BCUT2D eigenvalue weighted by Crippen LogP contribution is 2.28. The average molecular weight is 297 g/mol. The zero-order chi connectivity index (χ0) is 15.8. The van der Waals surface area contributed by atoms with Crippen molar-refractivity contribution >= 4 is 0 Å². The van der Waals surface area contributed by atoms with Crippen molar-refractivity contribution in [3.63, 3.8) is 0 Å². The van der Waals surface area contributed by atoms with Crippen molar-refractivity contribution < 1.29 is 5.11 Å². The smallest absolute Gasteiger partial charge is 0.0607 e. The molecule has 0 aromatic heterocycles. The maximum absolute atomic E-state index is 9.30. The molecule has 0 aliphatic rings. The summed E-state index contributed by atoms with van der Waals surface area (Å²) in [6.45, 7) is 5.13. The van der Waals surface area contributed by atoms with Gasteiger partial charge in [-0.3, -0.25) is 0 Å². The molecule has 0 radical (unpaired) electrons. The third-order valence-electron chi connectivity index (χ3n) is 4.07. The van der Waals surface area contributed by atoms with Crippen LogP contribution in [0.4, 0.5) is 0 Å². The molecule has 0 bridgehead atoms. The second kappa shape index (κ2) is 8.11. The fraction of sp³-hybridized carbons (Fsp3) is 0.400. The molecular formula is C20H27NO. The van der Waals surface area contributed by atoms with Gasteiger partial charge >= 0.3 is 0 Å². The van der Waals surface area contributed by atoms with Crippen LogP contribution in [0.3, 0.4) is 0 Å². The Morgan fingerprint density at radius 1 is 0.909 bits per heavy atom. The summed E-state index contributed by atoms with van der Waals surface area (Å²) in [7, 11) is 0. The maximum atomic E-state index is 9.30. The number of hydrogen-bond donors (Lipinski definition) is 2. The molecule has 0 aliphatic carbocycles. The molecule has 0 heterocycles. The number of aliphatic hydroxyl groups excluding tert-OH is 1. The summed E-state index contributed by atoms with van der Waals surface area (Å²) in [6, 6.07) is 21.4. The van der Waals surface area contributed by atoms with Crippen LogP contribution in [0.1, 0.15) is 43.7 Å². The van der Waals surface area contributed by atoms with E-state index in [1.54, 1.807) is 0 Å². The lowest BCUT2D eigenvalue weighted by molar-refractivity contribution is 0.188. The van der Waals surface area contributed by atoms with Gasteiger partial charge in [0.2, 0.25) is 0 Å². The third-order valence-corrected chi connectivity index (χ3v) is 4.07. The Kier molecular flexibility index (Phi) is 6.17. The van der Waals surface area contributed by atoms with Crippen molar-refractivity contribution in [2.24, 2.45) is 0 Å². The number of rotatable bonds is 8. The Labute approximate surface area is 134 Å². The molecule has 2 N–H and O–H groups in total. The van der Waals surface area contributed by atoms with Gasteiger partial charge in [-0.15, -0.1) is 0 Å². The van der Waals surface area contributed by atoms with Crippen LogP contribution in [0.25, 0.3) is 0 Å². The molecule has 0 aliphatic heterocycles. The van der Waals surface area contributed by atoms with Crippen molar-refractivity contribution in [3.05, 3.63) is 71.8 Å². The summed E-state index contributed by atoms with van der Waals surface area (Å²) in [4.78, 5) is 0. The Balaban J connectivity index is 2.01. The Hall–Kier alpha value is -1.64. The molecular weight excluding hydrogens is 270 g/mol. The van der Waals surface area contributed by atoms with Crippen LogP contribution < -0.4 is 5.32 Å². The van der Waals surface area contributed by atoms with Gasteiger partial charge in [-0.2, -0.15) is 0 Å². The molecule has 22 heavy (non-hydrogen) atoms. The van der Waals surface area contributed by atoms with Gasteiger partial charge in [0.25, 0.3) is 0 Å². The predicted octanol–water partition coefficient (Wildman–Crippen LogP) is 3.96. The minimum atomic E-state index is -0.199. The molecule has 2 nitrogen and oxygen atoms in total. The second-order valence-electron chi connectivity index (χ2n) is 6.48. The Bertz CT molecular complexity index is 497. The van der Waals surface area contributed by atoms with E-state index in [0.717, 1.165) is 19.4 Å². The first-order valence-corrected chi connectivity index (χ1v) is 8.08. The monoisotopic (exact) mass is 297 g/mol. The number of nitrogens with one attached hydrogen (secondary N) is 1. The van der Waals surface area contributed by atoms with E-state index in [1.807, 2.05) is 13.8 Å². The molecule has 0 atom stereocenters. The lowest BCUT2D eigenvalue weighted by Crippen LogP contribution is -2.43. The molecule has 2 aromatic rings. The van der Waals surface area contributed by atoms with Crippen LogP contribution >= 0.6 is 0 Å². The van der Waals surface area contributed by atoms with Crippen LogP contribution in [-0.2, 0) is 0 Å². The topological polar surface area (TPSA) is 32.3 Å². The summed E-state index contributed by atoms with van der Waals surface area (Å²) in [5.74, 6) is 0.432. The SMILES string of the molecule is CC(C)(CO)NCCCC(c1ccccc1)c1ccccc1. The van der Waals surface area contributed by atoms with E-state index in [-0.39, 0.29) is 12.1 Å². The first-order valence-electron chi connectivity index (χ1n) is 8.08. The third kappa shape index (κ3) is 4.97. The highest BCUT2D eigenvalue weighted by molar-refractivity contribution is 5.32. The highest BCUT2D eigenvalue weighted by Gasteiger charge is 2.16. The van der Waals surface area contributed by atoms with Gasteiger partial charge in [-0.05, 0) is 44.4 Å². The summed E-state index contributed by atoms with van der Waals surface area (Å²) >= 11 is 0. The summed E-state index contributed by atoms with van der Waals surface area (Å²) < 4.78 is 0. The molecule has 0 unspecified atom stereocenters. The van der Waals surface area contributed by atoms with E-state index in [1.165, 1.54) is 11.1 Å². The van der Waals surface area contributed by atoms with Gasteiger partial charge in [0.15, 0.2) is 0 Å². The van der Waals surface area contributed by atoms with Gasteiger partial charge in [0.1, 0.15) is 0 Å². The van der Waals surface area contributed by atoms with E-state index >= 15 is 0 Å². The molecule has 0 saturated heterocycles. The standard InChI is InChI=1S/C20H27NO/c1-20(2,16-22)21-15-9-14-19(17-10-5-3-6-11-17)18-12-7-4-8-13-18/h3-8,10-13,19,21-22H,9,14-16H2,1-2H3.